The van der Waals surface area contributed by atoms with Crippen molar-refractivity contribution in [2.24, 2.45) is 0 Å². The fourth-order valence-corrected chi connectivity index (χ4v) is 3.83. The number of hydrogen-bond acceptors (Lipinski definition) is 5. The first-order valence-corrected chi connectivity index (χ1v) is 10.2. The molecule has 7 nitrogen and oxygen atoms in total. The molecule has 144 valence electrons. The Balaban J connectivity index is 1.53. The van der Waals surface area contributed by atoms with Crippen molar-refractivity contribution in [2.75, 3.05) is 10.0 Å². The summed E-state index contributed by atoms with van der Waals surface area (Å²) in [5, 5.41) is 4.61. The van der Waals surface area contributed by atoms with Crippen LogP contribution in [0.5, 0.6) is 0 Å². The number of sulfonamides is 1. The first-order valence-electron chi connectivity index (χ1n) is 8.72. The number of hydrogen-bond donors (Lipinski definition) is 2. The molecule has 1 amide bonds. The van der Waals surface area contributed by atoms with Gasteiger partial charge in [-0.05, 0) is 47.2 Å². The highest BCUT2D eigenvalue weighted by molar-refractivity contribution is 7.92. The zero-order valence-electron chi connectivity index (χ0n) is 15.1. The number of rotatable bonds is 5. The van der Waals surface area contributed by atoms with Crippen molar-refractivity contribution in [3.8, 4) is 0 Å². The van der Waals surface area contributed by atoms with Gasteiger partial charge in [0.1, 0.15) is 0 Å². The van der Waals surface area contributed by atoms with E-state index in [4.69, 9.17) is 0 Å². The van der Waals surface area contributed by atoms with Gasteiger partial charge in [-0.15, -0.1) is 0 Å². The van der Waals surface area contributed by atoms with E-state index in [0.717, 1.165) is 10.8 Å². The summed E-state index contributed by atoms with van der Waals surface area (Å²) < 4.78 is 27.2. The summed E-state index contributed by atoms with van der Waals surface area (Å²) in [7, 11) is -3.83. The Kier molecular flexibility index (Phi) is 4.92. The standard InChI is InChI=1S/C21H16N4O3S/c26-20(19-8-3-6-15-5-1-2-7-18(15)19)24-16-9-11-17(12-10-16)29(27,28)25-21-22-13-4-14-23-21/h1-14H,(H,24,26)(H,22,23,25). The largest absolute Gasteiger partial charge is 0.322 e. The number of anilines is 2. The molecule has 0 aliphatic carbocycles. The van der Waals surface area contributed by atoms with Crippen LogP contribution < -0.4 is 10.0 Å². The van der Waals surface area contributed by atoms with Gasteiger partial charge in [-0.3, -0.25) is 4.79 Å². The van der Waals surface area contributed by atoms with E-state index in [1.807, 2.05) is 36.4 Å². The average Bonchev–Trinajstić information content (AvgIpc) is 2.74. The van der Waals surface area contributed by atoms with Crippen LogP contribution in [0, 0.1) is 0 Å². The van der Waals surface area contributed by atoms with Crippen LogP contribution in [0.4, 0.5) is 11.6 Å². The molecule has 0 spiro atoms. The first kappa shape index (κ1) is 18.6. The molecule has 0 radical (unpaired) electrons. The Morgan fingerprint density at radius 1 is 0.793 bits per heavy atom. The molecule has 1 heterocycles. The molecule has 29 heavy (non-hydrogen) atoms. The Labute approximate surface area is 167 Å². The van der Waals surface area contributed by atoms with Gasteiger partial charge in [0.2, 0.25) is 5.95 Å². The van der Waals surface area contributed by atoms with Crippen LogP contribution >= 0.6 is 0 Å². The smallest absolute Gasteiger partial charge is 0.264 e. The van der Waals surface area contributed by atoms with Gasteiger partial charge < -0.3 is 5.32 Å². The van der Waals surface area contributed by atoms with Crippen molar-refractivity contribution >= 4 is 38.3 Å². The van der Waals surface area contributed by atoms with Gasteiger partial charge in [0, 0.05) is 23.6 Å². The number of benzene rings is 3. The molecule has 0 aliphatic rings. The lowest BCUT2D eigenvalue weighted by Gasteiger charge is -2.10. The third-order valence-corrected chi connectivity index (χ3v) is 5.59. The van der Waals surface area contributed by atoms with Gasteiger partial charge in [0.15, 0.2) is 0 Å². The van der Waals surface area contributed by atoms with Gasteiger partial charge in [0.25, 0.3) is 15.9 Å². The Morgan fingerprint density at radius 2 is 1.48 bits per heavy atom. The van der Waals surface area contributed by atoms with Gasteiger partial charge in [-0.25, -0.2) is 23.1 Å². The summed E-state index contributed by atoms with van der Waals surface area (Å²) >= 11 is 0. The lowest BCUT2D eigenvalue weighted by molar-refractivity contribution is 0.102. The van der Waals surface area contributed by atoms with E-state index in [9.17, 15) is 13.2 Å². The van der Waals surface area contributed by atoms with Crippen LogP contribution in [0.1, 0.15) is 10.4 Å². The molecule has 0 bridgehead atoms. The molecule has 0 saturated carbocycles. The number of amides is 1. The van der Waals surface area contributed by atoms with Crippen LogP contribution in [-0.2, 0) is 10.0 Å². The molecule has 0 fully saturated rings. The zero-order valence-corrected chi connectivity index (χ0v) is 15.9. The first-order chi connectivity index (χ1) is 14.0. The molecule has 0 unspecified atom stereocenters. The highest BCUT2D eigenvalue weighted by atomic mass is 32.2. The van der Waals surface area contributed by atoms with Crippen LogP contribution in [0.15, 0.2) is 90.1 Å². The second-order valence-corrected chi connectivity index (χ2v) is 7.87. The summed E-state index contributed by atoms with van der Waals surface area (Å²) in [5.74, 6) is -0.283. The Morgan fingerprint density at radius 3 is 2.24 bits per heavy atom. The van der Waals surface area contributed by atoms with Gasteiger partial charge in [-0.1, -0.05) is 36.4 Å². The van der Waals surface area contributed by atoms with Crippen molar-refractivity contribution in [1.82, 2.24) is 9.97 Å². The van der Waals surface area contributed by atoms with Gasteiger partial charge in [-0.2, -0.15) is 0 Å². The summed E-state index contributed by atoms with van der Waals surface area (Å²) in [6, 6.07) is 20.6. The fourth-order valence-electron chi connectivity index (χ4n) is 2.87. The number of carbonyl (C=O) groups excluding carboxylic acids is 1. The predicted molar refractivity (Wildman–Crippen MR) is 111 cm³/mol. The third-order valence-electron chi connectivity index (χ3n) is 4.25. The zero-order chi connectivity index (χ0) is 20.3. The van der Waals surface area contributed by atoms with Crippen LogP contribution in [0.2, 0.25) is 0 Å². The predicted octanol–water partition coefficient (Wildman–Crippen LogP) is 3.68. The number of aromatic nitrogens is 2. The van der Waals surface area contributed by atoms with E-state index >= 15 is 0 Å². The molecule has 0 saturated heterocycles. The normalized spacial score (nSPS) is 11.2. The maximum absolute atomic E-state index is 12.7. The average molecular weight is 404 g/mol. The van der Waals surface area contributed by atoms with Crippen molar-refractivity contribution in [2.45, 2.75) is 4.90 Å². The second-order valence-electron chi connectivity index (χ2n) is 6.18. The van der Waals surface area contributed by atoms with E-state index < -0.39 is 10.0 Å². The van der Waals surface area contributed by atoms with E-state index in [1.54, 1.807) is 12.1 Å². The maximum atomic E-state index is 12.7. The Hall–Kier alpha value is -3.78. The quantitative estimate of drug-likeness (QED) is 0.528. The molecule has 1 aromatic heterocycles. The van der Waals surface area contributed by atoms with Crippen molar-refractivity contribution < 1.29 is 13.2 Å². The molecule has 3 aromatic carbocycles. The van der Waals surface area contributed by atoms with Crippen LogP contribution in [-0.4, -0.2) is 24.3 Å². The molecule has 8 heteroatoms. The number of carbonyl (C=O) groups is 1. The lowest BCUT2D eigenvalue weighted by atomic mass is 10.0. The molecule has 0 atom stereocenters. The monoisotopic (exact) mass is 404 g/mol. The van der Waals surface area contributed by atoms with Crippen molar-refractivity contribution in [1.29, 1.82) is 0 Å². The molecule has 0 aliphatic heterocycles. The van der Waals surface area contributed by atoms with Crippen LogP contribution in [0.3, 0.4) is 0 Å². The van der Waals surface area contributed by atoms with E-state index in [0.29, 0.717) is 11.3 Å². The van der Waals surface area contributed by atoms with Crippen molar-refractivity contribution in [3.05, 3.63) is 90.8 Å². The maximum Gasteiger partial charge on any atom is 0.264 e. The van der Waals surface area contributed by atoms with E-state index in [-0.39, 0.29) is 16.8 Å². The van der Waals surface area contributed by atoms with Crippen LogP contribution in [0.25, 0.3) is 10.8 Å². The third kappa shape index (κ3) is 4.07. The molecule has 2 N–H and O–H groups in total. The minimum Gasteiger partial charge on any atom is -0.322 e. The lowest BCUT2D eigenvalue weighted by Crippen LogP contribution is -2.15. The second kappa shape index (κ2) is 7.69. The minimum atomic E-state index is -3.83. The van der Waals surface area contributed by atoms with Gasteiger partial charge in [0.05, 0.1) is 4.90 Å². The SMILES string of the molecule is O=C(Nc1ccc(S(=O)(=O)Nc2ncccn2)cc1)c1cccc2ccccc12. The highest BCUT2D eigenvalue weighted by Crippen LogP contribution is 2.21. The topological polar surface area (TPSA) is 101 Å². The molecule has 4 rings (SSSR count). The molecular formula is C21H16N4O3S. The van der Waals surface area contributed by atoms with Crippen molar-refractivity contribution in [3.63, 3.8) is 0 Å². The summed E-state index contributed by atoms with van der Waals surface area (Å²) in [6.45, 7) is 0. The number of nitrogens with one attached hydrogen (secondary N) is 2. The minimum absolute atomic E-state index is 0.0131. The number of fused-ring (bicyclic) bond motifs is 1. The van der Waals surface area contributed by atoms with E-state index in [1.165, 1.54) is 36.7 Å². The van der Waals surface area contributed by atoms with E-state index in [2.05, 4.69) is 20.0 Å². The fraction of sp³-hybridized carbons (Fsp3) is 0. The van der Waals surface area contributed by atoms with Gasteiger partial charge >= 0.3 is 0 Å². The highest BCUT2D eigenvalue weighted by Gasteiger charge is 2.16. The molecular weight excluding hydrogens is 388 g/mol. The summed E-state index contributed by atoms with van der Waals surface area (Å²) in [4.78, 5) is 20.4. The summed E-state index contributed by atoms with van der Waals surface area (Å²) in [6.07, 6.45) is 2.88. The number of nitrogens with zero attached hydrogens (tertiary/aromatic N) is 2. The Bertz CT molecular complexity index is 1270. The molecule has 4 aromatic rings. The summed E-state index contributed by atoms with van der Waals surface area (Å²) in [5.41, 5.74) is 1.03.